The molecule has 5 rings (SSSR count). The van der Waals surface area contributed by atoms with Crippen LogP contribution in [0.25, 0.3) is 32.8 Å². The Morgan fingerprint density at radius 3 is 2.03 bits per heavy atom. The number of carbonyl (C=O) groups is 1. The first-order chi connectivity index (χ1) is 18.5. The number of nitrogens with two attached hydrogens (primary N) is 1. The minimum absolute atomic E-state index is 0.142. The molecule has 7 nitrogen and oxygen atoms in total. The van der Waals surface area contributed by atoms with Crippen molar-refractivity contribution < 1.29 is 4.79 Å². The van der Waals surface area contributed by atoms with Crippen LogP contribution in [0.2, 0.25) is 5.02 Å². The summed E-state index contributed by atoms with van der Waals surface area (Å²) in [5.41, 5.74) is 10.4. The summed E-state index contributed by atoms with van der Waals surface area (Å²) >= 11 is 7.19. The Kier molecular flexibility index (Phi) is 6.84. The maximum absolute atomic E-state index is 12.6. The lowest BCUT2D eigenvalue weighted by Crippen LogP contribution is -2.11. The Morgan fingerprint density at radius 2 is 1.39 bits per heavy atom. The first-order valence-corrected chi connectivity index (χ1v) is 12.5. The average molecular weight is 533 g/mol. The molecule has 38 heavy (non-hydrogen) atoms. The van der Waals surface area contributed by atoms with Gasteiger partial charge in [0.05, 0.1) is 16.8 Å². The molecule has 0 aliphatic heterocycles. The van der Waals surface area contributed by atoms with Crippen LogP contribution in [-0.2, 0) is 0 Å². The number of carbonyl (C=O) groups excluding carboxylic acids is 1. The van der Waals surface area contributed by atoms with Gasteiger partial charge in [-0.3, -0.25) is 10.1 Å². The summed E-state index contributed by atoms with van der Waals surface area (Å²) in [7, 11) is 0. The van der Waals surface area contributed by atoms with Crippen LogP contribution in [0.3, 0.4) is 0 Å². The zero-order valence-corrected chi connectivity index (χ0v) is 21.2. The molecule has 0 aliphatic rings. The van der Waals surface area contributed by atoms with Gasteiger partial charge < -0.3 is 5.73 Å². The Labute approximate surface area is 227 Å². The van der Waals surface area contributed by atoms with Crippen molar-refractivity contribution in [3.05, 3.63) is 107 Å². The van der Waals surface area contributed by atoms with Gasteiger partial charge in [0.25, 0.3) is 5.91 Å². The van der Waals surface area contributed by atoms with Crippen molar-refractivity contribution in [1.82, 2.24) is 10.2 Å². The number of benzene rings is 4. The van der Waals surface area contributed by atoms with Gasteiger partial charge in [-0.15, -0.1) is 10.2 Å². The summed E-state index contributed by atoms with van der Waals surface area (Å²) in [6, 6.07) is 29.4. The van der Waals surface area contributed by atoms with Gasteiger partial charge in [0, 0.05) is 27.3 Å². The third kappa shape index (κ3) is 4.58. The Hall–Kier alpha value is -5.02. The highest BCUT2D eigenvalue weighted by atomic mass is 35.5. The number of anilines is 2. The molecule has 0 atom stereocenters. The van der Waals surface area contributed by atoms with Crippen LogP contribution in [0.15, 0.2) is 84.9 Å². The van der Waals surface area contributed by atoms with Gasteiger partial charge in [-0.25, -0.2) is 0 Å². The summed E-state index contributed by atoms with van der Waals surface area (Å²) < 4.78 is 0. The minimum Gasteiger partial charge on any atom is -0.397 e. The Balaban J connectivity index is 1.73. The predicted octanol–water partition coefficient (Wildman–Crippen LogP) is 6.77. The van der Waals surface area contributed by atoms with Crippen LogP contribution in [0.4, 0.5) is 10.8 Å². The van der Waals surface area contributed by atoms with E-state index in [2.05, 4.69) is 27.7 Å². The molecule has 0 saturated heterocycles. The molecule has 1 aromatic heterocycles. The van der Waals surface area contributed by atoms with Crippen LogP contribution < -0.4 is 11.1 Å². The quantitative estimate of drug-likeness (QED) is 0.240. The van der Waals surface area contributed by atoms with E-state index in [1.54, 1.807) is 48.5 Å². The standard InChI is InChI=1S/C29H17ClN6OS/c30-20-13-11-18(12-14-20)23-21(15-31)24(17-7-3-1-4-8-17)25(26(33)22(23)16-32)28-35-36-29(38-28)34-27(37)19-9-5-2-6-10-19/h1-14H,33H2,(H,34,36,37). The number of nitrogens with one attached hydrogen (secondary N) is 1. The third-order valence-electron chi connectivity index (χ3n) is 5.85. The molecule has 0 radical (unpaired) electrons. The van der Waals surface area contributed by atoms with Gasteiger partial charge in [0.15, 0.2) is 5.01 Å². The zero-order valence-electron chi connectivity index (χ0n) is 19.6. The van der Waals surface area contributed by atoms with E-state index in [9.17, 15) is 15.3 Å². The molecule has 182 valence electrons. The average Bonchev–Trinajstić information content (AvgIpc) is 3.41. The molecule has 5 aromatic rings. The largest absolute Gasteiger partial charge is 0.397 e. The van der Waals surface area contributed by atoms with Crippen LogP contribution >= 0.6 is 22.9 Å². The lowest BCUT2D eigenvalue weighted by atomic mass is 9.84. The molecule has 0 aliphatic carbocycles. The van der Waals surface area contributed by atoms with E-state index in [-0.39, 0.29) is 27.9 Å². The molecule has 1 amide bonds. The molecule has 0 unspecified atom stereocenters. The van der Waals surface area contributed by atoms with Gasteiger partial charge in [-0.05, 0) is 35.4 Å². The van der Waals surface area contributed by atoms with Crippen molar-refractivity contribution in [2.24, 2.45) is 0 Å². The monoisotopic (exact) mass is 532 g/mol. The lowest BCUT2D eigenvalue weighted by molar-refractivity contribution is 0.102. The number of rotatable bonds is 5. The fourth-order valence-electron chi connectivity index (χ4n) is 4.15. The first kappa shape index (κ1) is 24.7. The minimum atomic E-state index is -0.335. The number of nitrogen functional groups attached to an aromatic ring is 1. The van der Waals surface area contributed by atoms with Crippen LogP contribution in [-0.4, -0.2) is 16.1 Å². The smallest absolute Gasteiger partial charge is 0.257 e. The maximum Gasteiger partial charge on any atom is 0.257 e. The van der Waals surface area contributed by atoms with Crippen molar-refractivity contribution in [2.75, 3.05) is 11.1 Å². The highest BCUT2D eigenvalue weighted by Gasteiger charge is 2.27. The number of aromatic nitrogens is 2. The van der Waals surface area contributed by atoms with E-state index in [0.29, 0.717) is 37.8 Å². The van der Waals surface area contributed by atoms with E-state index < -0.39 is 0 Å². The second kappa shape index (κ2) is 10.5. The number of hydrogen-bond donors (Lipinski definition) is 2. The fourth-order valence-corrected chi connectivity index (χ4v) is 5.08. The molecule has 0 fully saturated rings. The van der Waals surface area contributed by atoms with Gasteiger partial charge in [0.1, 0.15) is 12.1 Å². The van der Waals surface area contributed by atoms with E-state index in [0.717, 1.165) is 16.9 Å². The zero-order chi connectivity index (χ0) is 26.6. The number of nitrogens with zero attached hydrogens (tertiary/aromatic N) is 4. The second-order valence-electron chi connectivity index (χ2n) is 8.12. The summed E-state index contributed by atoms with van der Waals surface area (Å²) in [6.07, 6.45) is 0. The first-order valence-electron chi connectivity index (χ1n) is 11.3. The summed E-state index contributed by atoms with van der Waals surface area (Å²) in [5, 5.41) is 32.9. The number of nitriles is 2. The van der Waals surface area contributed by atoms with E-state index in [1.807, 2.05) is 36.4 Å². The van der Waals surface area contributed by atoms with Gasteiger partial charge in [-0.2, -0.15) is 10.5 Å². The summed E-state index contributed by atoms with van der Waals surface area (Å²) in [6.45, 7) is 0. The molecule has 1 heterocycles. The van der Waals surface area contributed by atoms with E-state index in [4.69, 9.17) is 17.3 Å². The lowest BCUT2D eigenvalue weighted by Gasteiger charge is -2.19. The normalized spacial score (nSPS) is 10.4. The van der Waals surface area contributed by atoms with Crippen molar-refractivity contribution in [1.29, 1.82) is 10.5 Å². The predicted molar refractivity (Wildman–Crippen MR) is 149 cm³/mol. The molecular weight excluding hydrogens is 516 g/mol. The number of hydrogen-bond acceptors (Lipinski definition) is 7. The Morgan fingerprint density at radius 1 is 0.789 bits per heavy atom. The van der Waals surface area contributed by atoms with Gasteiger partial charge in [0.2, 0.25) is 5.13 Å². The van der Waals surface area contributed by atoms with Crippen molar-refractivity contribution in [3.8, 4) is 45.0 Å². The highest BCUT2D eigenvalue weighted by molar-refractivity contribution is 7.18. The number of halogens is 1. The maximum atomic E-state index is 12.6. The van der Waals surface area contributed by atoms with Crippen LogP contribution in [0.1, 0.15) is 21.5 Å². The third-order valence-corrected chi connectivity index (χ3v) is 6.96. The molecular formula is C29H17ClN6OS. The van der Waals surface area contributed by atoms with Crippen LogP contribution in [0, 0.1) is 22.7 Å². The highest BCUT2D eigenvalue weighted by Crippen LogP contribution is 2.47. The fraction of sp³-hybridized carbons (Fsp3) is 0. The summed E-state index contributed by atoms with van der Waals surface area (Å²) in [5.74, 6) is -0.335. The molecule has 0 spiro atoms. The molecule has 4 aromatic carbocycles. The van der Waals surface area contributed by atoms with E-state index >= 15 is 0 Å². The molecule has 9 heteroatoms. The van der Waals surface area contributed by atoms with Crippen molar-refractivity contribution in [2.45, 2.75) is 0 Å². The SMILES string of the molecule is N#Cc1c(N)c(-c2nnc(NC(=O)c3ccccc3)s2)c(-c2ccccc2)c(C#N)c1-c1ccc(Cl)cc1. The van der Waals surface area contributed by atoms with E-state index in [1.165, 1.54) is 0 Å². The van der Waals surface area contributed by atoms with Crippen molar-refractivity contribution >= 4 is 39.7 Å². The second-order valence-corrected chi connectivity index (χ2v) is 9.53. The van der Waals surface area contributed by atoms with Crippen LogP contribution in [0.5, 0.6) is 0 Å². The van der Waals surface area contributed by atoms with Crippen molar-refractivity contribution in [3.63, 3.8) is 0 Å². The molecule has 0 bridgehead atoms. The molecule has 0 saturated carbocycles. The topological polar surface area (TPSA) is 128 Å². The Bertz CT molecular complexity index is 1740. The number of amides is 1. The molecule has 3 N–H and O–H groups in total. The van der Waals surface area contributed by atoms with Gasteiger partial charge >= 0.3 is 0 Å². The van der Waals surface area contributed by atoms with Gasteiger partial charge in [-0.1, -0.05) is 83.6 Å². The summed E-state index contributed by atoms with van der Waals surface area (Å²) in [4.78, 5) is 12.6.